The molecule has 5 heteroatoms. The predicted molar refractivity (Wildman–Crippen MR) is 223 cm³/mol. The molecule has 2 N–H and O–H groups in total. The zero-order valence-electron chi connectivity index (χ0n) is 35.8. The van der Waals surface area contributed by atoms with Crippen LogP contribution in [0.5, 0.6) is 0 Å². The summed E-state index contributed by atoms with van der Waals surface area (Å²) in [6.45, 7) is 21.9. The first kappa shape index (κ1) is 44.9. The van der Waals surface area contributed by atoms with Crippen molar-refractivity contribution >= 4 is 17.3 Å². The van der Waals surface area contributed by atoms with E-state index in [0.717, 1.165) is 28.8 Å². The van der Waals surface area contributed by atoms with E-state index in [0.29, 0.717) is 32.1 Å². The Labute approximate surface area is 324 Å². The van der Waals surface area contributed by atoms with Crippen LogP contribution in [0, 0.1) is 28.1 Å². The van der Waals surface area contributed by atoms with Crippen LogP contribution in [-0.2, 0) is 14.4 Å². The van der Waals surface area contributed by atoms with Crippen LogP contribution in [0.1, 0.15) is 185 Å². The zero-order valence-corrected chi connectivity index (χ0v) is 35.8. The molecular weight excluding hydrogens is 655 g/mol. The highest BCUT2D eigenvalue weighted by molar-refractivity contribution is 6.27. The van der Waals surface area contributed by atoms with E-state index in [-0.39, 0.29) is 47.4 Å². The average Bonchev–Trinajstić information content (AvgIpc) is 3.11. The average molecular weight is 732 g/mol. The van der Waals surface area contributed by atoms with E-state index in [4.69, 9.17) is 0 Å². The minimum atomic E-state index is -1.76. The Morgan fingerprint density at radius 3 is 1.77 bits per heavy atom. The second kappa shape index (κ2) is 19.9. The van der Waals surface area contributed by atoms with Crippen LogP contribution < -0.4 is 5.32 Å². The monoisotopic (exact) mass is 732 g/mol. The van der Waals surface area contributed by atoms with E-state index in [1.165, 1.54) is 69.8 Å². The third-order valence-electron chi connectivity index (χ3n) is 13.2. The summed E-state index contributed by atoms with van der Waals surface area (Å²) in [4.78, 5) is 44.3. The number of aliphatic hydroxyl groups excluding tert-OH is 1. The van der Waals surface area contributed by atoms with Crippen molar-refractivity contribution in [2.24, 2.45) is 28.1 Å². The molecule has 4 aliphatic rings. The fourth-order valence-electron chi connectivity index (χ4n) is 9.71. The Hall–Kier alpha value is -2.53. The van der Waals surface area contributed by atoms with Gasteiger partial charge < -0.3 is 10.4 Å². The lowest BCUT2D eigenvalue weighted by Gasteiger charge is -2.61. The number of nitrogens with one attached hydrogen (secondary N) is 1. The molecule has 0 aromatic carbocycles. The van der Waals surface area contributed by atoms with Gasteiger partial charge in [0, 0.05) is 23.6 Å². The van der Waals surface area contributed by atoms with E-state index in [1.54, 1.807) is 0 Å². The smallest absolute Gasteiger partial charge is 0.176 e. The first-order valence-corrected chi connectivity index (χ1v) is 21.3. The number of aliphatic hydroxyl groups is 1. The minimum absolute atomic E-state index is 0.139. The summed E-state index contributed by atoms with van der Waals surface area (Å²) < 4.78 is 0. The molecule has 1 unspecified atom stereocenters. The lowest BCUT2D eigenvalue weighted by atomic mass is 9.38. The van der Waals surface area contributed by atoms with Gasteiger partial charge in [-0.25, -0.2) is 0 Å². The van der Waals surface area contributed by atoms with Gasteiger partial charge in [-0.2, -0.15) is 0 Å². The molecule has 53 heavy (non-hydrogen) atoms. The number of allylic oxidation sites excluding steroid dienone is 10. The number of fused-ring (bicyclic) bond motifs is 2. The van der Waals surface area contributed by atoms with Crippen molar-refractivity contribution in [3.63, 3.8) is 0 Å². The second-order valence-corrected chi connectivity index (χ2v) is 18.5. The molecule has 5 nitrogen and oxygen atoms in total. The molecular formula is C48H77NO4. The Morgan fingerprint density at radius 1 is 0.792 bits per heavy atom. The van der Waals surface area contributed by atoms with Crippen LogP contribution in [0.25, 0.3) is 0 Å². The quantitative estimate of drug-likeness (QED) is 0.137. The van der Waals surface area contributed by atoms with Gasteiger partial charge in [0.15, 0.2) is 22.8 Å². The minimum Gasteiger partial charge on any atom is -0.510 e. The first-order valence-electron chi connectivity index (χ1n) is 21.3. The molecule has 0 radical (unpaired) electrons. The van der Waals surface area contributed by atoms with Crippen molar-refractivity contribution in [3.05, 3.63) is 57.9 Å². The van der Waals surface area contributed by atoms with Crippen LogP contribution in [0.2, 0.25) is 0 Å². The molecule has 5 atom stereocenters. The summed E-state index contributed by atoms with van der Waals surface area (Å²) in [5, 5.41) is 16.1. The summed E-state index contributed by atoms with van der Waals surface area (Å²) in [5.41, 5.74) is 0.628. The molecule has 2 bridgehead atoms. The first-order chi connectivity index (χ1) is 25.0. The highest BCUT2D eigenvalue weighted by Crippen LogP contribution is 2.68. The van der Waals surface area contributed by atoms with Crippen LogP contribution in [0.15, 0.2) is 57.9 Å². The molecule has 0 aromatic heterocycles. The summed E-state index contributed by atoms with van der Waals surface area (Å²) in [7, 11) is 0. The highest BCUT2D eigenvalue weighted by atomic mass is 16.3. The normalized spacial score (nSPS) is 28.3. The maximum atomic E-state index is 15.1. The molecule has 0 saturated heterocycles. The number of carbonyl (C=O) groups excluding carboxylic acids is 3. The van der Waals surface area contributed by atoms with Crippen LogP contribution in [0.3, 0.4) is 0 Å². The van der Waals surface area contributed by atoms with Crippen molar-refractivity contribution < 1.29 is 19.5 Å². The number of hydrogen-bond donors (Lipinski definition) is 2. The van der Waals surface area contributed by atoms with Gasteiger partial charge in [-0.1, -0.05) is 106 Å². The van der Waals surface area contributed by atoms with Gasteiger partial charge in [0.25, 0.3) is 0 Å². The Bertz CT molecular complexity index is 1410. The molecule has 0 aliphatic heterocycles. The van der Waals surface area contributed by atoms with Crippen molar-refractivity contribution in [2.75, 3.05) is 0 Å². The molecule has 4 aliphatic carbocycles. The summed E-state index contributed by atoms with van der Waals surface area (Å²) in [6.07, 6.45) is 26.1. The number of carbonyl (C=O) groups is 3. The second-order valence-electron chi connectivity index (χ2n) is 18.5. The molecule has 0 aromatic rings. The summed E-state index contributed by atoms with van der Waals surface area (Å²) in [6, 6.07) is 1.74. The Morgan fingerprint density at radius 2 is 1.30 bits per heavy atom. The van der Waals surface area contributed by atoms with Crippen molar-refractivity contribution in [1.82, 2.24) is 5.32 Å². The molecule has 4 rings (SSSR count). The maximum Gasteiger partial charge on any atom is 0.176 e. The molecule has 3 saturated carbocycles. The fraction of sp³-hybridized carbons (Fsp3) is 0.729. The van der Waals surface area contributed by atoms with Crippen LogP contribution in [-0.4, -0.2) is 34.5 Å². The fourth-order valence-corrected chi connectivity index (χ4v) is 9.71. The standard InChI is InChI=1S/C36H54O4.C12H23N/c1-12-27(10)30(37)36-32(39)29(18-16-25(6)7)31(38)35(33(36)40,21-19-26(8)9)22-28(17-15-24(4)5)34(36,11)20-13-14-23(2)3;1-3-7-11(8-4-1)13-12-9-5-2-6-10-12/h14-16,19,27-28,39H,12-13,17-18,20-22H2,1-11H3;11-13H,1-10H2/t27?,28-,34+,35+,36-;/m0./s1. The van der Waals surface area contributed by atoms with Crippen molar-refractivity contribution in [2.45, 2.75) is 197 Å². The largest absolute Gasteiger partial charge is 0.510 e. The SMILES string of the molecule is C1CCC(NC2CCCCC2)CC1.CCC(C)C(=O)[C@]12C(=O)[C@](CC=C(C)C)(C[C@H](CC=C(C)C)[C@@]1(C)CCC=C(C)C)C(=O)C(CC=C(C)C)=C2O. The van der Waals surface area contributed by atoms with Gasteiger partial charge in [0.2, 0.25) is 0 Å². The molecule has 0 heterocycles. The lowest BCUT2D eigenvalue weighted by molar-refractivity contribution is -0.178. The van der Waals surface area contributed by atoms with Crippen molar-refractivity contribution in [3.8, 4) is 0 Å². The van der Waals surface area contributed by atoms with Crippen molar-refractivity contribution in [1.29, 1.82) is 0 Å². The third kappa shape index (κ3) is 10.2. The lowest BCUT2D eigenvalue weighted by Crippen LogP contribution is -2.70. The summed E-state index contributed by atoms with van der Waals surface area (Å²) >= 11 is 0. The Kier molecular flexibility index (Phi) is 16.8. The van der Waals surface area contributed by atoms with Gasteiger partial charge in [-0.15, -0.1) is 0 Å². The zero-order chi connectivity index (χ0) is 39.6. The number of hydrogen-bond acceptors (Lipinski definition) is 5. The van der Waals surface area contributed by atoms with E-state index in [2.05, 4.69) is 31.3 Å². The molecule has 298 valence electrons. The third-order valence-corrected chi connectivity index (χ3v) is 13.2. The van der Waals surface area contributed by atoms with Crippen LogP contribution in [0.4, 0.5) is 0 Å². The number of Topliss-reactive ketones (excluding diaryl/α,β-unsaturated/α-hetero) is 3. The van der Waals surface area contributed by atoms with E-state index < -0.39 is 22.2 Å². The maximum absolute atomic E-state index is 15.1. The number of ketones is 3. The van der Waals surface area contributed by atoms with E-state index in [9.17, 15) is 14.7 Å². The predicted octanol–water partition coefficient (Wildman–Crippen LogP) is 12.6. The number of rotatable bonds is 14. The van der Waals surface area contributed by atoms with E-state index in [1.807, 2.05) is 74.5 Å². The molecule has 0 spiro atoms. The van der Waals surface area contributed by atoms with Gasteiger partial charge in [0.05, 0.1) is 5.41 Å². The molecule has 0 amide bonds. The summed E-state index contributed by atoms with van der Waals surface area (Å²) in [5.74, 6) is -1.76. The molecule has 3 fully saturated rings. The van der Waals surface area contributed by atoms with E-state index >= 15 is 4.79 Å². The van der Waals surface area contributed by atoms with Gasteiger partial charge in [0.1, 0.15) is 5.76 Å². The van der Waals surface area contributed by atoms with Gasteiger partial charge in [-0.05, 0) is 137 Å². The van der Waals surface area contributed by atoms with Gasteiger partial charge >= 0.3 is 0 Å². The van der Waals surface area contributed by atoms with Gasteiger partial charge in [-0.3, -0.25) is 14.4 Å². The highest BCUT2D eigenvalue weighted by Gasteiger charge is 2.75. The topological polar surface area (TPSA) is 83.5 Å². The van der Waals surface area contributed by atoms with Crippen LogP contribution >= 0.6 is 0 Å². The Balaban J connectivity index is 0.000000482.